The molecule has 110 valence electrons. The Bertz CT molecular complexity index is 624. The lowest BCUT2D eigenvalue weighted by Crippen LogP contribution is -2.41. The minimum Gasteiger partial charge on any atom is -0.472 e. The summed E-state index contributed by atoms with van der Waals surface area (Å²) in [5, 5.41) is 0. The minimum atomic E-state index is -0.450. The predicted octanol–water partition coefficient (Wildman–Crippen LogP) is 3.55. The van der Waals surface area contributed by atoms with Crippen molar-refractivity contribution < 1.29 is 13.7 Å². The van der Waals surface area contributed by atoms with Gasteiger partial charge in [0.1, 0.15) is 5.66 Å². The van der Waals surface area contributed by atoms with Gasteiger partial charge in [0.15, 0.2) is 0 Å². The maximum Gasteiger partial charge on any atom is 0.532 e. The van der Waals surface area contributed by atoms with Crippen LogP contribution >= 0.6 is 0 Å². The zero-order valence-corrected chi connectivity index (χ0v) is 13.3. The molecule has 0 amide bonds. The summed E-state index contributed by atoms with van der Waals surface area (Å²) in [4.78, 5) is 0. The maximum absolute atomic E-state index is 6.00. The molecule has 2 heterocycles. The van der Waals surface area contributed by atoms with E-state index < -0.39 is 7.12 Å². The molecule has 3 nitrogen and oxygen atoms in total. The topological polar surface area (TPSA) is 31.6 Å². The maximum atomic E-state index is 6.00. The van der Waals surface area contributed by atoms with Gasteiger partial charge in [-0.2, -0.15) is 0 Å². The van der Waals surface area contributed by atoms with E-state index in [4.69, 9.17) is 13.7 Å². The van der Waals surface area contributed by atoms with Crippen molar-refractivity contribution in [1.29, 1.82) is 0 Å². The quantitative estimate of drug-likeness (QED) is 0.790. The van der Waals surface area contributed by atoms with E-state index in [1.165, 1.54) is 5.56 Å². The monoisotopic (exact) mass is 284 g/mol. The summed E-state index contributed by atoms with van der Waals surface area (Å²) in [6.07, 6.45) is 1.76. The molecule has 1 aromatic carbocycles. The van der Waals surface area contributed by atoms with Gasteiger partial charge in [0.25, 0.3) is 0 Å². The van der Waals surface area contributed by atoms with Gasteiger partial charge in [-0.1, -0.05) is 29.8 Å². The van der Waals surface area contributed by atoms with Gasteiger partial charge in [-0.25, -0.2) is 0 Å². The van der Waals surface area contributed by atoms with Gasteiger partial charge in [-0.15, -0.1) is 0 Å². The van der Waals surface area contributed by atoms with Crippen LogP contribution in [0.3, 0.4) is 0 Å². The Hall–Kier alpha value is -1.52. The molecular formula is C17H21BO3. The van der Waals surface area contributed by atoms with Crippen LogP contribution in [-0.2, 0) is 9.31 Å². The van der Waals surface area contributed by atoms with Crippen molar-refractivity contribution in [2.75, 3.05) is 0 Å². The molecule has 2 aromatic rings. The molecule has 0 radical (unpaired) electrons. The lowest BCUT2D eigenvalue weighted by molar-refractivity contribution is 0.00578. The molecule has 4 heteroatoms. The summed E-state index contributed by atoms with van der Waals surface area (Å²) < 4.78 is 17.7. The first-order valence-corrected chi connectivity index (χ1v) is 7.30. The van der Waals surface area contributed by atoms with E-state index in [2.05, 4.69) is 31.2 Å². The first-order valence-electron chi connectivity index (χ1n) is 7.30. The van der Waals surface area contributed by atoms with Gasteiger partial charge < -0.3 is 13.7 Å². The largest absolute Gasteiger partial charge is 0.532 e. The third-order valence-electron chi connectivity index (χ3n) is 4.49. The van der Waals surface area contributed by atoms with E-state index in [-0.39, 0.29) is 11.2 Å². The predicted molar refractivity (Wildman–Crippen MR) is 84.6 cm³/mol. The van der Waals surface area contributed by atoms with Crippen LogP contribution in [-0.4, -0.2) is 18.3 Å². The summed E-state index contributed by atoms with van der Waals surface area (Å²) in [5.74, 6) is 0. The van der Waals surface area contributed by atoms with Crippen LogP contribution < -0.4 is 5.66 Å². The molecule has 0 atom stereocenters. The van der Waals surface area contributed by atoms with Gasteiger partial charge in [0, 0.05) is 5.56 Å². The SMILES string of the molecule is Cc1ccc(-c2coc(B3OC(C)(C)C(C)(C)O3)c2)cc1. The minimum absolute atomic E-state index is 0.353. The number of rotatable bonds is 2. The summed E-state index contributed by atoms with van der Waals surface area (Å²) >= 11 is 0. The molecule has 0 spiro atoms. The van der Waals surface area contributed by atoms with Crippen molar-refractivity contribution in [2.24, 2.45) is 0 Å². The van der Waals surface area contributed by atoms with E-state index in [1.54, 1.807) is 6.26 Å². The molecule has 1 saturated heterocycles. The summed E-state index contributed by atoms with van der Waals surface area (Å²) in [6.45, 7) is 10.2. The Morgan fingerprint density at radius 2 is 1.43 bits per heavy atom. The first kappa shape index (κ1) is 14.4. The van der Waals surface area contributed by atoms with E-state index in [1.807, 2.05) is 33.8 Å². The first-order chi connectivity index (χ1) is 9.78. The Balaban J connectivity index is 1.85. The standard InChI is InChI=1S/C17H21BO3/c1-12-6-8-13(9-7-12)14-10-15(19-11-14)18-20-16(2,3)17(4,5)21-18/h6-11H,1-5H3. The molecule has 0 unspecified atom stereocenters. The molecule has 0 N–H and O–H groups in total. The van der Waals surface area contributed by atoms with Crippen molar-refractivity contribution in [2.45, 2.75) is 45.8 Å². The van der Waals surface area contributed by atoms with Gasteiger partial charge in [-0.3, -0.25) is 0 Å². The number of aryl methyl sites for hydroxylation is 1. The third kappa shape index (κ3) is 2.54. The smallest absolute Gasteiger partial charge is 0.472 e. The Morgan fingerprint density at radius 1 is 0.857 bits per heavy atom. The molecule has 0 saturated carbocycles. The van der Waals surface area contributed by atoms with E-state index in [0.717, 1.165) is 11.1 Å². The van der Waals surface area contributed by atoms with Crippen LogP contribution in [0.4, 0.5) is 0 Å². The van der Waals surface area contributed by atoms with Crippen LogP contribution in [0.5, 0.6) is 0 Å². The molecule has 3 rings (SSSR count). The van der Waals surface area contributed by atoms with Gasteiger partial charge in [0.05, 0.1) is 17.5 Å². The number of hydrogen-bond donors (Lipinski definition) is 0. The Labute approximate surface area is 126 Å². The van der Waals surface area contributed by atoms with Crippen molar-refractivity contribution in [3.05, 3.63) is 42.2 Å². The molecule has 1 aliphatic heterocycles. The highest BCUT2D eigenvalue weighted by Gasteiger charge is 2.53. The molecule has 1 aromatic heterocycles. The van der Waals surface area contributed by atoms with Crippen LogP contribution in [0, 0.1) is 6.92 Å². The second kappa shape index (κ2) is 4.75. The number of benzene rings is 1. The van der Waals surface area contributed by atoms with Crippen LogP contribution in [0.1, 0.15) is 33.3 Å². The van der Waals surface area contributed by atoms with E-state index in [0.29, 0.717) is 5.66 Å². The fourth-order valence-electron chi connectivity index (χ4n) is 2.33. The summed E-state index contributed by atoms with van der Waals surface area (Å²) in [5.41, 5.74) is 3.42. The van der Waals surface area contributed by atoms with Gasteiger partial charge in [-0.05, 0) is 46.2 Å². The Kier molecular flexibility index (Phi) is 3.26. The van der Waals surface area contributed by atoms with Crippen molar-refractivity contribution >= 4 is 12.8 Å². The fourth-order valence-corrected chi connectivity index (χ4v) is 2.33. The highest BCUT2D eigenvalue weighted by atomic mass is 16.7. The lowest BCUT2D eigenvalue weighted by Gasteiger charge is -2.32. The second-order valence-electron chi connectivity index (χ2n) is 6.69. The second-order valence-corrected chi connectivity index (χ2v) is 6.69. The summed E-state index contributed by atoms with van der Waals surface area (Å²) in [7, 11) is -0.450. The average Bonchev–Trinajstić information content (AvgIpc) is 2.94. The molecule has 1 aliphatic rings. The van der Waals surface area contributed by atoms with Crippen molar-refractivity contribution in [3.8, 4) is 11.1 Å². The third-order valence-corrected chi connectivity index (χ3v) is 4.49. The number of hydrogen-bond acceptors (Lipinski definition) is 3. The van der Waals surface area contributed by atoms with Crippen molar-refractivity contribution in [3.63, 3.8) is 0 Å². The molecular weight excluding hydrogens is 263 g/mol. The van der Waals surface area contributed by atoms with E-state index in [9.17, 15) is 0 Å². The Morgan fingerprint density at radius 3 is 2.00 bits per heavy atom. The molecule has 0 aliphatic carbocycles. The van der Waals surface area contributed by atoms with Gasteiger partial charge >= 0.3 is 7.12 Å². The van der Waals surface area contributed by atoms with E-state index >= 15 is 0 Å². The highest BCUT2D eigenvalue weighted by Crippen LogP contribution is 2.36. The van der Waals surface area contributed by atoms with Crippen LogP contribution in [0.25, 0.3) is 11.1 Å². The zero-order chi connectivity index (χ0) is 15.3. The lowest BCUT2D eigenvalue weighted by atomic mass is 9.85. The molecule has 21 heavy (non-hydrogen) atoms. The normalized spacial score (nSPS) is 20.0. The molecule has 1 fully saturated rings. The summed E-state index contributed by atoms with van der Waals surface area (Å²) in [6, 6.07) is 10.4. The zero-order valence-electron chi connectivity index (χ0n) is 13.3. The van der Waals surface area contributed by atoms with Crippen molar-refractivity contribution in [1.82, 2.24) is 0 Å². The average molecular weight is 284 g/mol. The fraction of sp³-hybridized carbons (Fsp3) is 0.412. The number of furan rings is 1. The van der Waals surface area contributed by atoms with Crippen LogP contribution in [0.2, 0.25) is 0 Å². The molecule has 0 bridgehead atoms. The van der Waals surface area contributed by atoms with Crippen LogP contribution in [0.15, 0.2) is 41.0 Å². The van der Waals surface area contributed by atoms with Gasteiger partial charge in [0.2, 0.25) is 0 Å². The highest BCUT2D eigenvalue weighted by molar-refractivity contribution is 6.60.